The molecule has 5 rings (SSSR count). The van der Waals surface area contributed by atoms with Gasteiger partial charge in [-0.05, 0) is 87.9 Å². The number of halogens is 1. The van der Waals surface area contributed by atoms with Gasteiger partial charge in [0, 0.05) is 22.6 Å². The van der Waals surface area contributed by atoms with Crippen molar-refractivity contribution in [2.24, 2.45) is 4.99 Å². The molecule has 0 bridgehead atoms. The number of rotatable bonds is 7. The molecule has 1 aliphatic rings. The fraction of sp³-hybridized carbons (Fsp3) is 0.258. The minimum atomic E-state index is -0.843. The largest absolute Gasteiger partial charge is 0.497 e. The molecular formula is C31H30FN3O5S. The highest BCUT2D eigenvalue weighted by Gasteiger charge is 2.35. The van der Waals surface area contributed by atoms with E-state index in [9.17, 15) is 14.0 Å². The van der Waals surface area contributed by atoms with E-state index in [0.717, 1.165) is 22.6 Å². The van der Waals surface area contributed by atoms with Crippen molar-refractivity contribution in [2.75, 3.05) is 20.8 Å². The Hall–Kier alpha value is -4.44. The van der Waals surface area contributed by atoms with Crippen molar-refractivity contribution >= 4 is 23.4 Å². The smallest absolute Gasteiger partial charge is 0.338 e. The minimum absolute atomic E-state index is 0.172. The minimum Gasteiger partial charge on any atom is -0.497 e. The van der Waals surface area contributed by atoms with Crippen molar-refractivity contribution in [3.63, 3.8) is 0 Å². The van der Waals surface area contributed by atoms with Gasteiger partial charge in [-0.3, -0.25) is 9.36 Å². The zero-order chi connectivity index (χ0) is 29.4. The summed E-state index contributed by atoms with van der Waals surface area (Å²) in [6.07, 6.45) is 1.83. The lowest BCUT2D eigenvalue weighted by Gasteiger charge is -2.26. The number of hydrogen-bond donors (Lipinski definition) is 0. The molecule has 1 atom stereocenters. The highest BCUT2D eigenvalue weighted by molar-refractivity contribution is 7.07. The molecule has 10 heteroatoms. The first kappa shape index (κ1) is 28.1. The van der Waals surface area contributed by atoms with Crippen molar-refractivity contribution in [1.82, 2.24) is 9.13 Å². The van der Waals surface area contributed by atoms with E-state index >= 15 is 0 Å². The Labute approximate surface area is 240 Å². The van der Waals surface area contributed by atoms with Crippen LogP contribution in [0.15, 0.2) is 69.6 Å². The number of aromatic nitrogens is 2. The first-order valence-electron chi connectivity index (χ1n) is 13.0. The summed E-state index contributed by atoms with van der Waals surface area (Å²) in [7, 11) is 3.08. The van der Waals surface area contributed by atoms with E-state index in [-0.39, 0.29) is 23.6 Å². The van der Waals surface area contributed by atoms with Crippen LogP contribution in [0.4, 0.5) is 4.39 Å². The van der Waals surface area contributed by atoms with E-state index in [1.54, 1.807) is 51.3 Å². The molecule has 3 heterocycles. The molecule has 2 aromatic carbocycles. The third-order valence-corrected chi connectivity index (χ3v) is 8.07. The number of benzene rings is 2. The molecule has 1 aliphatic heterocycles. The number of nitrogens with zero attached hydrogens (tertiary/aromatic N) is 3. The van der Waals surface area contributed by atoms with Gasteiger partial charge in [0.2, 0.25) is 0 Å². The van der Waals surface area contributed by atoms with Crippen LogP contribution in [0.3, 0.4) is 0 Å². The highest BCUT2D eigenvalue weighted by atomic mass is 32.1. The second kappa shape index (κ2) is 11.2. The van der Waals surface area contributed by atoms with Gasteiger partial charge < -0.3 is 18.8 Å². The van der Waals surface area contributed by atoms with Gasteiger partial charge in [0.1, 0.15) is 23.4 Å². The molecule has 0 saturated heterocycles. The lowest BCUT2D eigenvalue weighted by atomic mass is 9.94. The van der Waals surface area contributed by atoms with Crippen LogP contribution in [0.5, 0.6) is 11.5 Å². The molecule has 4 aromatic rings. The predicted octanol–water partition coefficient (Wildman–Crippen LogP) is 4.36. The quantitative estimate of drug-likeness (QED) is 0.306. The fourth-order valence-electron chi connectivity index (χ4n) is 5.20. The van der Waals surface area contributed by atoms with E-state index in [1.165, 1.54) is 35.1 Å². The Morgan fingerprint density at radius 2 is 1.80 bits per heavy atom. The van der Waals surface area contributed by atoms with Gasteiger partial charge in [-0.2, -0.15) is 0 Å². The summed E-state index contributed by atoms with van der Waals surface area (Å²) in [4.78, 5) is 32.4. The van der Waals surface area contributed by atoms with Gasteiger partial charge in [0.05, 0.1) is 36.6 Å². The third-order valence-electron chi connectivity index (χ3n) is 7.09. The van der Waals surface area contributed by atoms with Crippen LogP contribution in [-0.4, -0.2) is 35.9 Å². The van der Waals surface area contributed by atoms with E-state index < -0.39 is 12.0 Å². The Kier molecular flexibility index (Phi) is 7.68. The fourth-order valence-corrected chi connectivity index (χ4v) is 6.24. The van der Waals surface area contributed by atoms with Crippen molar-refractivity contribution in [3.8, 4) is 17.2 Å². The number of carbonyl (C=O) groups excluding carboxylic acids is 1. The van der Waals surface area contributed by atoms with E-state index in [2.05, 4.69) is 4.99 Å². The first-order valence-corrected chi connectivity index (χ1v) is 13.9. The molecule has 1 unspecified atom stereocenters. The van der Waals surface area contributed by atoms with Crippen LogP contribution < -0.4 is 24.4 Å². The van der Waals surface area contributed by atoms with Crippen molar-refractivity contribution in [2.45, 2.75) is 33.7 Å². The first-order chi connectivity index (χ1) is 19.7. The van der Waals surface area contributed by atoms with Crippen LogP contribution in [0.2, 0.25) is 0 Å². The van der Waals surface area contributed by atoms with Crippen molar-refractivity contribution in [1.29, 1.82) is 0 Å². The van der Waals surface area contributed by atoms with Crippen molar-refractivity contribution in [3.05, 3.63) is 108 Å². The maximum Gasteiger partial charge on any atom is 0.338 e. The summed E-state index contributed by atoms with van der Waals surface area (Å²) in [5.74, 6) is 0.178. The Balaban J connectivity index is 1.73. The lowest BCUT2D eigenvalue weighted by molar-refractivity contribution is -0.139. The molecule has 41 heavy (non-hydrogen) atoms. The van der Waals surface area contributed by atoms with Crippen LogP contribution >= 0.6 is 11.3 Å². The summed E-state index contributed by atoms with van der Waals surface area (Å²) in [5, 5.41) is 0. The molecule has 0 spiro atoms. The number of fused-ring (bicyclic) bond motifs is 1. The van der Waals surface area contributed by atoms with E-state index in [1.807, 2.05) is 30.6 Å². The third kappa shape index (κ3) is 4.99. The Morgan fingerprint density at radius 1 is 1.07 bits per heavy atom. The van der Waals surface area contributed by atoms with Crippen LogP contribution in [-0.2, 0) is 9.53 Å². The van der Waals surface area contributed by atoms with Gasteiger partial charge >= 0.3 is 5.97 Å². The maximum absolute atomic E-state index is 14.1. The second-order valence-corrected chi connectivity index (χ2v) is 10.6. The number of carbonyl (C=O) groups is 1. The van der Waals surface area contributed by atoms with Crippen LogP contribution in [0, 0.1) is 19.7 Å². The number of allylic oxidation sites excluding steroid dienone is 1. The molecule has 0 fully saturated rings. The topological polar surface area (TPSA) is 84.1 Å². The van der Waals surface area contributed by atoms with Gasteiger partial charge in [0.25, 0.3) is 5.56 Å². The monoisotopic (exact) mass is 575 g/mol. The summed E-state index contributed by atoms with van der Waals surface area (Å²) in [5.41, 5.74) is 4.49. The highest BCUT2D eigenvalue weighted by Crippen LogP contribution is 2.37. The summed E-state index contributed by atoms with van der Waals surface area (Å²) >= 11 is 1.24. The van der Waals surface area contributed by atoms with Crippen LogP contribution in [0.25, 0.3) is 11.8 Å². The van der Waals surface area contributed by atoms with Crippen molar-refractivity contribution < 1.29 is 23.4 Å². The average Bonchev–Trinajstić information content (AvgIpc) is 3.41. The molecular weight excluding hydrogens is 545 g/mol. The SMILES string of the molecule is CCOC(=O)C1=C(C)N=c2s/c(=C/c3cc(C)n(-c4ccc(F)cc4)c3C)c(=O)n2C1c1cc(OC)ccc1OC. The van der Waals surface area contributed by atoms with Crippen LogP contribution in [0.1, 0.15) is 42.4 Å². The number of aryl methyl sites for hydroxylation is 1. The number of ether oxygens (including phenoxy) is 3. The molecule has 0 aliphatic carbocycles. The van der Waals surface area contributed by atoms with E-state index in [0.29, 0.717) is 32.1 Å². The maximum atomic E-state index is 14.1. The summed E-state index contributed by atoms with van der Waals surface area (Å²) < 4.78 is 34.0. The standard InChI is InChI=1S/C31H30FN3O5S/c1-7-40-30(37)27-18(3)33-31-35(28(27)24-16-23(38-5)12-13-25(24)39-6)29(36)26(41-31)15-20-14-17(2)34(19(20)4)22-10-8-21(32)9-11-22/h8-16,28H,7H2,1-6H3/b26-15+. The second-order valence-electron chi connectivity index (χ2n) is 9.55. The number of esters is 1. The summed E-state index contributed by atoms with van der Waals surface area (Å²) in [6, 6.07) is 12.7. The zero-order valence-electron chi connectivity index (χ0n) is 23.6. The number of hydrogen-bond acceptors (Lipinski definition) is 7. The molecule has 0 saturated carbocycles. The average molecular weight is 576 g/mol. The number of thiazole rings is 1. The normalized spacial score (nSPS) is 15.0. The number of methoxy groups -OCH3 is 2. The molecule has 0 radical (unpaired) electrons. The molecule has 2 aromatic heterocycles. The van der Waals surface area contributed by atoms with Gasteiger partial charge in [-0.15, -0.1) is 0 Å². The lowest BCUT2D eigenvalue weighted by Crippen LogP contribution is -2.40. The Morgan fingerprint density at radius 3 is 2.46 bits per heavy atom. The van der Waals surface area contributed by atoms with Gasteiger partial charge in [0.15, 0.2) is 4.80 Å². The summed E-state index contributed by atoms with van der Waals surface area (Å²) in [6.45, 7) is 7.54. The zero-order valence-corrected chi connectivity index (χ0v) is 24.5. The van der Waals surface area contributed by atoms with Gasteiger partial charge in [-0.1, -0.05) is 11.3 Å². The molecule has 212 valence electrons. The molecule has 0 amide bonds. The predicted molar refractivity (Wildman–Crippen MR) is 155 cm³/mol. The molecule has 0 N–H and O–H groups in total. The van der Waals surface area contributed by atoms with Gasteiger partial charge in [-0.25, -0.2) is 14.2 Å². The van der Waals surface area contributed by atoms with E-state index in [4.69, 9.17) is 14.2 Å². The molecule has 8 nitrogen and oxygen atoms in total. The Bertz CT molecular complexity index is 1860.